The molecular formula is C30H27FN4O3. The summed E-state index contributed by atoms with van der Waals surface area (Å²) < 4.78 is 16.9. The Morgan fingerprint density at radius 1 is 1.08 bits per heavy atom. The molecule has 3 heterocycles. The molecular weight excluding hydrogens is 483 g/mol. The molecule has 7 rings (SSSR count). The minimum Gasteiger partial charge on any atom is -0.481 e. The zero-order chi connectivity index (χ0) is 26.1. The topological polar surface area (TPSA) is 87.8 Å². The standard InChI is InChI=1S/C30H27FN4O3/c1-16-20-5-3-2-4-17(20)10-11-34(16)29(36)26-14-27(18-6-7-18)35-28(32-26)15-25(33-35)21-9-8-19(12-24(21)31)22-13-23(22)30(37)38/h2-5,8-9,12,14-16,18,22-23H,6-7,10-11,13H2,1H3,(H,37,38)/t16-,22-,23?/m1/s1. The summed E-state index contributed by atoms with van der Waals surface area (Å²) in [5.74, 6) is -1.66. The third kappa shape index (κ3) is 3.78. The van der Waals surface area contributed by atoms with Gasteiger partial charge in [0.1, 0.15) is 11.5 Å². The van der Waals surface area contributed by atoms with Crippen molar-refractivity contribution in [3.05, 3.63) is 88.5 Å². The Morgan fingerprint density at radius 3 is 2.63 bits per heavy atom. The molecule has 2 aromatic heterocycles. The van der Waals surface area contributed by atoms with Gasteiger partial charge in [0, 0.05) is 29.8 Å². The lowest BCUT2D eigenvalue weighted by Crippen LogP contribution is -2.39. The number of carbonyl (C=O) groups is 2. The highest BCUT2D eigenvalue weighted by Crippen LogP contribution is 2.48. The van der Waals surface area contributed by atoms with Crippen LogP contribution in [0.4, 0.5) is 4.39 Å². The van der Waals surface area contributed by atoms with Gasteiger partial charge in [0.15, 0.2) is 5.65 Å². The molecule has 2 aromatic carbocycles. The fourth-order valence-corrected chi connectivity index (χ4v) is 5.91. The summed E-state index contributed by atoms with van der Waals surface area (Å²) >= 11 is 0. The van der Waals surface area contributed by atoms with E-state index >= 15 is 4.39 Å². The average Bonchev–Trinajstić information content (AvgIpc) is 3.84. The molecule has 38 heavy (non-hydrogen) atoms. The van der Waals surface area contributed by atoms with E-state index in [1.807, 2.05) is 23.1 Å². The normalized spacial score (nSPS) is 22.4. The Hall–Kier alpha value is -4.07. The van der Waals surface area contributed by atoms with Gasteiger partial charge < -0.3 is 10.0 Å². The zero-order valence-electron chi connectivity index (χ0n) is 21.0. The van der Waals surface area contributed by atoms with Crippen LogP contribution in [0.5, 0.6) is 0 Å². The second-order valence-electron chi connectivity index (χ2n) is 10.8. The number of amides is 1. The fourth-order valence-electron chi connectivity index (χ4n) is 5.91. The average molecular weight is 511 g/mol. The van der Waals surface area contributed by atoms with E-state index in [4.69, 9.17) is 10.1 Å². The van der Waals surface area contributed by atoms with Crippen molar-refractivity contribution in [1.82, 2.24) is 19.5 Å². The van der Waals surface area contributed by atoms with Gasteiger partial charge in [0.05, 0.1) is 17.7 Å². The molecule has 8 heteroatoms. The van der Waals surface area contributed by atoms with E-state index in [9.17, 15) is 14.7 Å². The Bertz CT molecular complexity index is 1630. The number of hydrogen-bond acceptors (Lipinski definition) is 4. The molecule has 2 fully saturated rings. The molecule has 0 saturated heterocycles. The van der Waals surface area contributed by atoms with E-state index in [-0.39, 0.29) is 17.9 Å². The van der Waals surface area contributed by atoms with E-state index in [1.54, 1.807) is 22.7 Å². The summed E-state index contributed by atoms with van der Waals surface area (Å²) in [4.78, 5) is 31.5. The Morgan fingerprint density at radius 2 is 1.89 bits per heavy atom. The van der Waals surface area contributed by atoms with Crippen LogP contribution in [0.3, 0.4) is 0 Å². The quantitative estimate of drug-likeness (QED) is 0.391. The minimum atomic E-state index is -0.841. The van der Waals surface area contributed by atoms with Crippen molar-refractivity contribution < 1.29 is 19.1 Å². The summed E-state index contributed by atoms with van der Waals surface area (Å²) in [6.07, 6.45) is 3.38. The molecule has 2 aliphatic carbocycles. The lowest BCUT2D eigenvalue weighted by Gasteiger charge is -2.35. The smallest absolute Gasteiger partial charge is 0.307 e. The predicted octanol–water partition coefficient (Wildman–Crippen LogP) is 5.36. The second-order valence-corrected chi connectivity index (χ2v) is 10.8. The first-order valence-corrected chi connectivity index (χ1v) is 13.2. The maximum atomic E-state index is 15.2. The van der Waals surface area contributed by atoms with Crippen LogP contribution < -0.4 is 0 Å². The molecule has 2 saturated carbocycles. The molecule has 1 amide bonds. The van der Waals surface area contributed by atoms with Crippen LogP contribution in [0.15, 0.2) is 54.6 Å². The van der Waals surface area contributed by atoms with Gasteiger partial charge in [-0.2, -0.15) is 5.10 Å². The highest BCUT2D eigenvalue weighted by molar-refractivity contribution is 5.93. The highest BCUT2D eigenvalue weighted by atomic mass is 19.1. The molecule has 7 nitrogen and oxygen atoms in total. The number of halogens is 1. The highest BCUT2D eigenvalue weighted by Gasteiger charge is 2.44. The van der Waals surface area contributed by atoms with Crippen LogP contribution in [0.1, 0.15) is 76.9 Å². The SMILES string of the molecule is C[C@@H]1c2ccccc2CCN1C(=O)c1cc(C2CC2)n2nc(-c3ccc([C@H]4CC4C(=O)O)cc3F)cc2n1. The number of aliphatic carboxylic acids is 1. The van der Waals surface area contributed by atoms with Gasteiger partial charge in [-0.25, -0.2) is 13.9 Å². The molecule has 3 aliphatic rings. The van der Waals surface area contributed by atoms with Crippen LogP contribution in [-0.2, 0) is 11.2 Å². The molecule has 1 N–H and O–H groups in total. The lowest BCUT2D eigenvalue weighted by atomic mass is 9.93. The van der Waals surface area contributed by atoms with Crippen molar-refractivity contribution in [2.45, 2.75) is 50.5 Å². The van der Waals surface area contributed by atoms with Crippen molar-refractivity contribution in [1.29, 1.82) is 0 Å². The summed E-state index contributed by atoms with van der Waals surface area (Å²) in [6, 6.07) is 16.7. The van der Waals surface area contributed by atoms with Gasteiger partial charge in [-0.3, -0.25) is 9.59 Å². The first kappa shape index (κ1) is 23.1. The van der Waals surface area contributed by atoms with E-state index in [1.165, 1.54) is 17.2 Å². The number of carboxylic acids is 1. The third-order valence-corrected chi connectivity index (χ3v) is 8.33. The number of aromatic nitrogens is 3. The number of rotatable bonds is 5. The molecule has 0 bridgehead atoms. The second kappa shape index (κ2) is 8.48. The summed E-state index contributed by atoms with van der Waals surface area (Å²) in [7, 11) is 0. The number of benzene rings is 2. The third-order valence-electron chi connectivity index (χ3n) is 8.33. The molecule has 4 aromatic rings. The van der Waals surface area contributed by atoms with Crippen LogP contribution in [0, 0.1) is 11.7 Å². The largest absolute Gasteiger partial charge is 0.481 e. The number of carboxylic acid groups (broad SMARTS) is 1. The Balaban J connectivity index is 1.23. The van der Waals surface area contributed by atoms with Gasteiger partial charge in [0.2, 0.25) is 0 Å². The van der Waals surface area contributed by atoms with Crippen molar-refractivity contribution in [3.8, 4) is 11.3 Å². The number of carbonyl (C=O) groups excluding carboxylic acids is 1. The van der Waals surface area contributed by atoms with E-state index in [0.717, 1.165) is 25.0 Å². The van der Waals surface area contributed by atoms with Crippen LogP contribution in [0.25, 0.3) is 16.9 Å². The monoisotopic (exact) mass is 510 g/mol. The first-order chi connectivity index (χ1) is 18.4. The van der Waals surface area contributed by atoms with E-state index in [0.29, 0.717) is 47.0 Å². The fraction of sp³-hybridized carbons (Fsp3) is 0.333. The maximum absolute atomic E-state index is 15.2. The van der Waals surface area contributed by atoms with Gasteiger partial charge >= 0.3 is 5.97 Å². The van der Waals surface area contributed by atoms with Crippen molar-refractivity contribution in [3.63, 3.8) is 0 Å². The van der Waals surface area contributed by atoms with E-state index in [2.05, 4.69) is 19.1 Å². The van der Waals surface area contributed by atoms with Gasteiger partial charge in [-0.1, -0.05) is 30.3 Å². The first-order valence-electron chi connectivity index (χ1n) is 13.2. The molecule has 1 unspecified atom stereocenters. The number of hydrogen-bond donors (Lipinski definition) is 1. The minimum absolute atomic E-state index is 0.0462. The van der Waals surface area contributed by atoms with E-state index < -0.39 is 17.7 Å². The van der Waals surface area contributed by atoms with Crippen LogP contribution in [-0.4, -0.2) is 43.0 Å². The van der Waals surface area contributed by atoms with Gasteiger partial charge in [0.25, 0.3) is 5.91 Å². The molecule has 0 spiro atoms. The van der Waals surface area contributed by atoms with Gasteiger partial charge in [-0.15, -0.1) is 0 Å². The molecule has 1 aliphatic heterocycles. The molecule has 0 radical (unpaired) electrons. The van der Waals surface area contributed by atoms with Crippen LogP contribution >= 0.6 is 0 Å². The molecule has 192 valence electrons. The maximum Gasteiger partial charge on any atom is 0.307 e. The Kier molecular flexibility index (Phi) is 5.15. The lowest BCUT2D eigenvalue weighted by molar-refractivity contribution is -0.138. The van der Waals surface area contributed by atoms with Crippen molar-refractivity contribution in [2.24, 2.45) is 5.92 Å². The molecule has 3 atom stereocenters. The van der Waals surface area contributed by atoms with Gasteiger partial charge in [-0.05, 0) is 73.4 Å². The number of nitrogens with zero attached hydrogens (tertiary/aromatic N) is 4. The summed E-state index contributed by atoms with van der Waals surface area (Å²) in [5.41, 5.74) is 5.76. The van der Waals surface area contributed by atoms with Crippen molar-refractivity contribution in [2.75, 3.05) is 6.54 Å². The predicted molar refractivity (Wildman–Crippen MR) is 138 cm³/mol. The Labute approximate surface area is 218 Å². The van der Waals surface area contributed by atoms with Crippen LogP contribution in [0.2, 0.25) is 0 Å². The summed E-state index contributed by atoms with van der Waals surface area (Å²) in [6.45, 7) is 2.69. The number of fused-ring (bicyclic) bond motifs is 2. The van der Waals surface area contributed by atoms with Crippen molar-refractivity contribution >= 4 is 17.5 Å². The summed E-state index contributed by atoms with van der Waals surface area (Å²) in [5, 5.41) is 13.9. The zero-order valence-corrected chi connectivity index (χ0v) is 21.0.